The Hall–Kier alpha value is -3.50. The van der Waals surface area contributed by atoms with Gasteiger partial charge in [0.25, 0.3) is 0 Å². The zero-order valence-electron chi connectivity index (χ0n) is 17.2. The van der Waals surface area contributed by atoms with Gasteiger partial charge in [-0.25, -0.2) is 0 Å². The lowest BCUT2D eigenvalue weighted by molar-refractivity contribution is 0.633. The van der Waals surface area contributed by atoms with Crippen molar-refractivity contribution in [2.75, 3.05) is 5.84 Å². The molecule has 0 bridgehead atoms. The maximum Gasteiger partial charge on any atom is 0.0725 e. The fourth-order valence-electron chi connectivity index (χ4n) is 6.31. The summed E-state index contributed by atoms with van der Waals surface area (Å²) in [5, 5.41) is 11.0. The first kappa shape index (κ1) is 16.2. The van der Waals surface area contributed by atoms with Crippen LogP contribution in [0.15, 0.2) is 65.4 Å². The third kappa shape index (κ3) is 1.57. The van der Waals surface area contributed by atoms with Gasteiger partial charge in [0.15, 0.2) is 0 Å². The topological polar surface area (TPSA) is 35.4 Å². The molecule has 0 fully saturated rings. The summed E-state index contributed by atoms with van der Waals surface area (Å²) >= 11 is 1.78. The Morgan fingerprint density at radius 1 is 0.774 bits per heavy atom. The number of rotatable bonds is 0. The zero-order valence-corrected chi connectivity index (χ0v) is 18.0. The highest BCUT2D eigenvalue weighted by molar-refractivity contribution is 7.09. The van der Waals surface area contributed by atoms with E-state index in [0.717, 1.165) is 11.0 Å². The minimum atomic E-state index is -0.0859. The van der Waals surface area contributed by atoms with Gasteiger partial charge in [-0.15, -0.1) is 11.3 Å². The van der Waals surface area contributed by atoms with Crippen LogP contribution < -0.4 is 5.84 Å². The van der Waals surface area contributed by atoms with E-state index in [0.29, 0.717) is 0 Å². The SMILES string of the molecule is CC1(C)c2ccccc2-c2c1n1c3cscc3c3cccc4c3c3c(ccc2c31)n4N. The molecule has 0 saturated carbocycles. The van der Waals surface area contributed by atoms with E-state index in [4.69, 9.17) is 5.84 Å². The molecule has 1 aliphatic rings. The van der Waals surface area contributed by atoms with Gasteiger partial charge in [0, 0.05) is 49.0 Å². The number of benzene rings is 3. The first-order valence-electron chi connectivity index (χ1n) is 10.7. The Morgan fingerprint density at radius 2 is 1.61 bits per heavy atom. The summed E-state index contributed by atoms with van der Waals surface area (Å²) in [4.78, 5) is 0. The van der Waals surface area contributed by atoms with Crippen LogP contribution in [-0.2, 0) is 5.41 Å². The lowest BCUT2D eigenvalue weighted by Crippen LogP contribution is -2.17. The molecule has 0 unspecified atom stereocenters. The Morgan fingerprint density at radius 3 is 2.52 bits per heavy atom. The van der Waals surface area contributed by atoms with Crippen molar-refractivity contribution in [2.24, 2.45) is 0 Å². The van der Waals surface area contributed by atoms with Crippen molar-refractivity contribution in [3.05, 3.63) is 76.6 Å². The highest BCUT2D eigenvalue weighted by Gasteiger charge is 2.40. The number of nitrogen functional groups attached to an aromatic ring is 1. The molecule has 0 radical (unpaired) electrons. The maximum atomic E-state index is 6.64. The van der Waals surface area contributed by atoms with Crippen molar-refractivity contribution in [1.29, 1.82) is 0 Å². The fourth-order valence-corrected chi connectivity index (χ4v) is 7.13. The Kier molecular flexibility index (Phi) is 2.55. The predicted molar refractivity (Wildman–Crippen MR) is 132 cm³/mol. The summed E-state index contributed by atoms with van der Waals surface area (Å²) in [7, 11) is 0. The van der Waals surface area contributed by atoms with Crippen LogP contribution in [-0.4, -0.2) is 9.08 Å². The number of hydrogen-bond acceptors (Lipinski definition) is 2. The highest BCUT2D eigenvalue weighted by Crippen LogP contribution is 2.55. The summed E-state index contributed by atoms with van der Waals surface area (Å²) < 4.78 is 4.42. The molecule has 3 aromatic carbocycles. The van der Waals surface area contributed by atoms with Crippen LogP contribution in [0.1, 0.15) is 25.1 Å². The van der Waals surface area contributed by atoms with Crippen molar-refractivity contribution < 1.29 is 0 Å². The Balaban J connectivity index is 1.83. The van der Waals surface area contributed by atoms with E-state index in [9.17, 15) is 0 Å². The second kappa shape index (κ2) is 4.87. The molecule has 1 aliphatic carbocycles. The molecule has 31 heavy (non-hydrogen) atoms. The molecular formula is C27H19N3S. The minimum absolute atomic E-state index is 0.0859. The number of fused-ring (bicyclic) bond motifs is 8. The summed E-state index contributed by atoms with van der Waals surface area (Å²) in [6, 6.07) is 19.9. The van der Waals surface area contributed by atoms with Gasteiger partial charge < -0.3 is 10.2 Å². The standard InChI is InChI=1S/C27H19N3S/c1-27(2)18-8-4-3-6-15(18)22-16-10-11-20-24-23-14(7-5-9-19(23)30(20)28)17-12-31-13-21(17)29(25(16)24)26(22)27/h3-13H,28H2,1-2H3. The lowest BCUT2D eigenvalue weighted by Gasteiger charge is -2.22. The molecule has 8 rings (SSSR count). The molecule has 4 aromatic heterocycles. The molecule has 4 heteroatoms. The second-order valence-electron chi connectivity index (χ2n) is 9.33. The van der Waals surface area contributed by atoms with Crippen molar-refractivity contribution in [3.8, 4) is 11.1 Å². The van der Waals surface area contributed by atoms with Crippen molar-refractivity contribution in [3.63, 3.8) is 0 Å². The molecule has 0 amide bonds. The minimum Gasteiger partial charge on any atom is -0.339 e. The molecule has 4 heterocycles. The smallest absolute Gasteiger partial charge is 0.0725 e. The van der Waals surface area contributed by atoms with Crippen LogP contribution in [0, 0.1) is 0 Å². The van der Waals surface area contributed by atoms with Crippen LogP contribution in [0.3, 0.4) is 0 Å². The average Bonchev–Trinajstić information content (AvgIpc) is 3.49. The van der Waals surface area contributed by atoms with Gasteiger partial charge in [0.2, 0.25) is 0 Å². The first-order valence-corrected chi connectivity index (χ1v) is 11.6. The van der Waals surface area contributed by atoms with Gasteiger partial charge >= 0.3 is 0 Å². The van der Waals surface area contributed by atoms with Gasteiger partial charge in [0.05, 0.1) is 22.1 Å². The first-order chi connectivity index (χ1) is 15.1. The van der Waals surface area contributed by atoms with Crippen molar-refractivity contribution >= 4 is 60.3 Å². The van der Waals surface area contributed by atoms with E-state index in [-0.39, 0.29) is 5.41 Å². The van der Waals surface area contributed by atoms with Gasteiger partial charge in [-0.05, 0) is 34.7 Å². The molecule has 7 aromatic rings. The number of thiophene rings is 1. The van der Waals surface area contributed by atoms with E-state index in [1.807, 2.05) is 4.68 Å². The largest absolute Gasteiger partial charge is 0.339 e. The van der Waals surface area contributed by atoms with E-state index in [1.54, 1.807) is 11.3 Å². The van der Waals surface area contributed by atoms with Crippen molar-refractivity contribution in [2.45, 2.75) is 19.3 Å². The molecule has 3 nitrogen and oxygen atoms in total. The van der Waals surface area contributed by atoms with Gasteiger partial charge in [0.1, 0.15) is 0 Å². The monoisotopic (exact) mass is 417 g/mol. The normalized spacial score (nSPS) is 15.2. The molecular weight excluding hydrogens is 398 g/mol. The second-order valence-corrected chi connectivity index (χ2v) is 10.1. The molecule has 2 N–H and O–H groups in total. The summed E-state index contributed by atoms with van der Waals surface area (Å²) in [5.41, 5.74) is 10.2. The summed E-state index contributed by atoms with van der Waals surface area (Å²) in [6.45, 7) is 4.73. The van der Waals surface area contributed by atoms with Crippen LogP contribution >= 0.6 is 11.3 Å². The van der Waals surface area contributed by atoms with E-state index in [2.05, 4.69) is 83.6 Å². The molecule has 0 atom stereocenters. The Bertz CT molecular complexity index is 1880. The van der Waals surface area contributed by atoms with Gasteiger partial charge in [-0.3, -0.25) is 4.68 Å². The van der Waals surface area contributed by atoms with Gasteiger partial charge in [-0.2, -0.15) is 0 Å². The predicted octanol–water partition coefficient (Wildman–Crippen LogP) is 6.87. The third-order valence-electron chi connectivity index (χ3n) is 7.56. The number of nitrogens with two attached hydrogens (primary N) is 1. The summed E-state index contributed by atoms with van der Waals surface area (Å²) in [6.07, 6.45) is 0. The Labute approximate surface area is 182 Å². The van der Waals surface area contributed by atoms with E-state index >= 15 is 0 Å². The zero-order chi connectivity index (χ0) is 20.6. The molecule has 0 saturated heterocycles. The highest BCUT2D eigenvalue weighted by atomic mass is 32.1. The number of nitrogens with zero attached hydrogens (tertiary/aromatic N) is 2. The quantitative estimate of drug-likeness (QED) is 0.268. The van der Waals surface area contributed by atoms with Crippen LogP contribution in [0.4, 0.5) is 0 Å². The molecule has 148 valence electrons. The number of hydrogen-bond donors (Lipinski definition) is 1. The average molecular weight is 418 g/mol. The molecule has 0 spiro atoms. The lowest BCUT2D eigenvalue weighted by atomic mass is 9.85. The maximum absolute atomic E-state index is 6.64. The third-order valence-corrected chi connectivity index (χ3v) is 8.29. The van der Waals surface area contributed by atoms with Crippen LogP contribution in [0.2, 0.25) is 0 Å². The van der Waals surface area contributed by atoms with Crippen LogP contribution in [0.25, 0.3) is 60.1 Å². The summed E-state index contributed by atoms with van der Waals surface area (Å²) in [5.74, 6) is 6.64. The van der Waals surface area contributed by atoms with Gasteiger partial charge in [-0.1, -0.05) is 50.2 Å². The molecule has 0 aliphatic heterocycles. The van der Waals surface area contributed by atoms with Crippen molar-refractivity contribution in [1.82, 2.24) is 9.08 Å². The van der Waals surface area contributed by atoms with E-state index < -0.39 is 0 Å². The number of aromatic nitrogens is 2. The van der Waals surface area contributed by atoms with Crippen LogP contribution in [0.5, 0.6) is 0 Å². The fraction of sp³-hybridized carbons (Fsp3) is 0.111. The van der Waals surface area contributed by atoms with E-state index in [1.165, 1.54) is 60.3 Å².